The largest absolute Gasteiger partial charge is 0.493 e. The van der Waals surface area contributed by atoms with Gasteiger partial charge in [-0.2, -0.15) is 0 Å². The molecule has 0 amide bonds. The molecule has 182 valence electrons. The fraction of sp³-hybridized carbons (Fsp3) is 0.292. The van der Waals surface area contributed by atoms with Gasteiger partial charge in [0.1, 0.15) is 4.88 Å². The number of ether oxygens (including phenoxy) is 7. The van der Waals surface area contributed by atoms with E-state index in [1.54, 1.807) is 33.5 Å². The highest BCUT2D eigenvalue weighted by atomic mass is 32.1. The fourth-order valence-corrected chi connectivity index (χ4v) is 4.42. The van der Waals surface area contributed by atoms with Crippen LogP contribution in [0.4, 0.5) is 11.4 Å². The molecular formula is C24H27NO8S. The Bertz CT molecular complexity index is 1120. The molecule has 3 aromatic rings. The molecule has 0 unspecified atom stereocenters. The zero-order valence-electron chi connectivity index (χ0n) is 20.1. The van der Waals surface area contributed by atoms with Gasteiger partial charge in [-0.1, -0.05) is 0 Å². The normalized spacial score (nSPS) is 10.3. The van der Waals surface area contributed by atoms with E-state index in [1.807, 2.05) is 18.2 Å². The SMILES string of the molecule is COC(=O)c1sc(-c2cc(OC)c(OC)c(OC)c2)cc1Nc1cc(OC)c(OC)c(OC)c1. The second kappa shape index (κ2) is 10.9. The molecule has 1 heterocycles. The lowest BCUT2D eigenvalue weighted by atomic mass is 10.1. The minimum atomic E-state index is -0.473. The van der Waals surface area contributed by atoms with E-state index in [0.717, 1.165) is 10.4 Å². The average molecular weight is 490 g/mol. The Labute approximate surface area is 202 Å². The molecule has 0 fully saturated rings. The Morgan fingerprint density at radius 1 is 0.676 bits per heavy atom. The first-order valence-corrected chi connectivity index (χ1v) is 10.9. The minimum Gasteiger partial charge on any atom is -0.493 e. The molecule has 10 heteroatoms. The van der Waals surface area contributed by atoms with Gasteiger partial charge in [0.2, 0.25) is 11.5 Å². The highest BCUT2D eigenvalue weighted by Gasteiger charge is 2.22. The molecule has 34 heavy (non-hydrogen) atoms. The summed E-state index contributed by atoms with van der Waals surface area (Å²) in [6, 6.07) is 8.98. The van der Waals surface area contributed by atoms with Gasteiger partial charge in [0.15, 0.2) is 23.0 Å². The third-order valence-corrected chi connectivity index (χ3v) is 6.16. The van der Waals surface area contributed by atoms with Gasteiger partial charge >= 0.3 is 5.97 Å². The zero-order chi connectivity index (χ0) is 24.8. The second-order valence-corrected chi connectivity index (χ2v) is 7.85. The van der Waals surface area contributed by atoms with Crippen molar-refractivity contribution in [3.8, 4) is 44.9 Å². The molecule has 0 aliphatic rings. The molecule has 0 bridgehead atoms. The maximum Gasteiger partial charge on any atom is 0.350 e. The van der Waals surface area contributed by atoms with Crippen LogP contribution in [0.3, 0.4) is 0 Å². The summed E-state index contributed by atoms with van der Waals surface area (Å²) in [5.41, 5.74) is 1.96. The van der Waals surface area contributed by atoms with Crippen molar-refractivity contribution < 1.29 is 38.0 Å². The molecule has 0 saturated heterocycles. The lowest BCUT2D eigenvalue weighted by Gasteiger charge is -2.15. The summed E-state index contributed by atoms with van der Waals surface area (Å²) in [6.45, 7) is 0. The van der Waals surface area contributed by atoms with Crippen LogP contribution >= 0.6 is 11.3 Å². The highest BCUT2D eigenvalue weighted by molar-refractivity contribution is 7.18. The lowest BCUT2D eigenvalue weighted by Crippen LogP contribution is -2.03. The van der Waals surface area contributed by atoms with Crippen molar-refractivity contribution in [1.82, 2.24) is 0 Å². The number of carbonyl (C=O) groups is 1. The number of rotatable bonds is 10. The van der Waals surface area contributed by atoms with Crippen LogP contribution in [-0.2, 0) is 4.74 Å². The number of nitrogens with one attached hydrogen (secondary N) is 1. The third-order valence-electron chi connectivity index (χ3n) is 5.00. The van der Waals surface area contributed by atoms with Crippen molar-refractivity contribution in [3.63, 3.8) is 0 Å². The van der Waals surface area contributed by atoms with Gasteiger partial charge in [0.05, 0.1) is 55.5 Å². The predicted octanol–water partition coefficient (Wildman–Crippen LogP) is 5.00. The maximum atomic E-state index is 12.6. The number of thiophene rings is 1. The summed E-state index contributed by atoms with van der Waals surface area (Å²) in [5.74, 6) is 2.43. The lowest BCUT2D eigenvalue weighted by molar-refractivity contribution is 0.0607. The molecule has 0 atom stereocenters. The van der Waals surface area contributed by atoms with Gasteiger partial charge in [-0.15, -0.1) is 11.3 Å². The topological polar surface area (TPSA) is 93.7 Å². The number of anilines is 2. The Kier molecular flexibility index (Phi) is 7.95. The Morgan fingerprint density at radius 3 is 1.56 bits per heavy atom. The van der Waals surface area contributed by atoms with E-state index in [-0.39, 0.29) is 0 Å². The molecule has 1 aromatic heterocycles. The minimum absolute atomic E-state index is 0.389. The van der Waals surface area contributed by atoms with Crippen LogP contribution in [0.2, 0.25) is 0 Å². The van der Waals surface area contributed by atoms with E-state index in [0.29, 0.717) is 50.7 Å². The van der Waals surface area contributed by atoms with Gasteiger partial charge in [-0.05, 0) is 23.8 Å². The average Bonchev–Trinajstić information content (AvgIpc) is 3.29. The van der Waals surface area contributed by atoms with Crippen molar-refractivity contribution in [3.05, 3.63) is 35.2 Å². The van der Waals surface area contributed by atoms with Gasteiger partial charge in [0, 0.05) is 22.7 Å². The fourth-order valence-electron chi connectivity index (χ4n) is 3.40. The van der Waals surface area contributed by atoms with Gasteiger partial charge in [-0.3, -0.25) is 0 Å². The number of benzene rings is 2. The molecular weight excluding hydrogens is 462 g/mol. The molecule has 1 N–H and O–H groups in total. The first-order chi connectivity index (χ1) is 16.4. The van der Waals surface area contributed by atoms with Crippen LogP contribution in [0.5, 0.6) is 34.5 Å². The van der Waals surface area contributed by atoms with E-state index in [9.17, 15) is 4.79 Å². The van der Waals surface area contributed by atoms with Gasteiger partial charge in [-0.25, -0.2) is 4.79 Å². The standard InChI is InChI=1S/C24H27NO8S/c1-27-16-8-13(9-17(28-2)21(16)31-5)20-12-15(23(34-20)24(26)33-7)25-14-10-18(29-3)22(32-6)19(11-14)30-4/h8-12,25H,1-7H3. The summed E-state index contributed by atoms with van der Waals surface area (Å²) in [4.78, 5) is 13.7. The zero-order valence-corrected chi connectivity index (χ0v) is 20.9. The van der Waals surface area contributed by atoms with Crippen LogP contribution in [0, 0.1) is 0 Å². The molecule has 9 nitrogen and oxygen atoms in total. The smallest absolute Gasteiger partial charge is 0.350 e. The molecule has 3 rings (SSSR count). The summed E-state index contributed by atoms with van der Waals surface area (Å²) < 4.78 is 37.6. The van der Waals surface area contributed by atoms with Crippen LogP contribution in [0.15, 0.2) is 30.3 Å². The van der Waals surface area contributed by atoms with Gasteiger partial charge < -0.3 is 38.5 Å². The van der Waals surface area contributed by atoms with Crippen molar-refractivity contribution in [2.75, 3.05) is 55.1 Å². The molecule has 0 radical (unpaired) electrons. The number of hydrogen-bond acceptors (Lipinski definition) is 10. The van der Waals surface area contributed by atoms with Crippen molar-refractivity contribution in [2.45, 2.75) is 0 Å². The monoisotopic (exact) mass is 489 g/mol. The maximum absolute atomic E-state index is 12.6. The van der Waals surface area contributed by atoms with E-state index in [1.165, 1.54) is 39.8 Å². The van der Waals surface area contributed by atoms with Crippen LogP contribution in [0.1, 0.15) is 9.67 Å². The Balaban J connectivity index is 2.11. The van der Waals surface area contributed by atoms with Crippen LogP contribution < -0.4 is 33.7 Å². The second-order valence-electron chi connectivity index (χ2n) is 6.80. The predicted molar refractivity (Wildman–Crippen MR) is 130 cm³/mol. The third kappa shape index (κ3) is 4.76. The van der Waals surface area contributed by atoms with Gasteiger partial charge in [0.25, 0.3) is 0 Å². The quantitative estimate of drug-likeness (QED) is 0.395. The Hall–Kier alpha value is -3.79. The summed E-state index contributed by atoms with van der Waals surface area (Å²) in [7, 11) is 10.6. The number of methoxy groups -OCH3 is 7. The summed E-state index contributed by atoms with van der Waals surface area (Å²) in [6.07, 6.45) is 0. The van der Waals surface area contributed by atoms with E-state index >= 15 is 0 Å². The van der Waals surface area contributed by atoms with E-state index < -0.39 is 5.97 Å². The molecule has 0 spiro atoms. The van der Waals surface area contributed by atoms with E-state index in [2.05, 4.69) is 5.32 Å². The first kappa shape index (κ1) is 24.8. The molecule has 0 saturated carbocycles. The number of carbonyl (C=O) groups excluding carboxylic acids is 1. The van der Waals surface area contributed by atoms with Crippen molar-refractivity contribution >= 4 is 28.7 Å². The van der Waals surface area contributed by atoms with Crippen LogP contribution in [0.25, 0.3) is 10.4 Å². The van der Waals surface area contributed by atoms with E-state index in [4.69, 9.17) is 33.2 Å². The summed E-state index contributed by atoms with van der Waals surface area (Å²) in [5, 5.41) is 3.27. The number of esters is 1. The number of hydrogen-bond donors (Lipinski definition) is 1. The summed E-state index contributed by atoms with van der Waals surface area (Å²) >= 11 is 1.27. The molecule has 0 aliphatic heterocycles. The van der Waals surface area contributed by atoms with Crippen LogP contribution in [-0.4, -0.2) is 55.7 Å². The van der Waals surface area contributed by atoms with Crippen molar-refractivity contribution in [2.24, 2.45) is 0 Å². The van der Waals surface area contributed by atoms with Crippen molar-refractivity contribution in [1.29, 1.82) is 0 Å². The Morgan fingerprint density at radius 2 is 1.15 bits per heavy atom. The first-order valence-electron chi connectivity index (χ1n) is 10.0. The molecule has 2 aromatic carbocycles. The molecule has 0 aliphatic carbocycles. The highest BCUT2D eigenvalue weighted by Crippen LogP contribution is 2.45.